The maximum absolute atomic E-state index is 2.27. The maximum atomic E-state index is 2.27. The Balaban J connectivity index is 2.34. The van der Waals surface area contributed by atoms with Gasteiger partial charge in [0.2, 0.25) is 0 Å². The van der Waals surface area contributed by atoms with E-state index >= 15 is 0 Å². The van der Waals surface area contributed by atoms with Gasteiger partial charge in [-0.3, -0.25) is 0 Å². The van der Waals surface area contributed by atoms with Gasteiger partial charge in [-0.25, -0.2) is 0 Å². The summed E-state index contributed by atoms with van der Waals surface area (Å²) in [6, 6.07) is 13.0. The summed E-state index contributed by atoms with van der Waals surface area (Å²) in [5.74, 6) is 0. The molecule has 0 radical (unpaired) electrons. The first-order valence-corrected chi connectivity index (χ1v) is 6.67. The van der Waals surface area contributed by atoms with Crippen LogP contribution in [0.25, 0.3) is 16.8 Å². The second-order valence-electron chi connectivity index (χ2n) is 3.22. The summed E-state index contributed by atoms with van der Waals surface area (Å²) in [5.41, 5.74) is 1.34. The van der Waals surface area contributed by atoms with Gasteiger partial charge in [-0.2, -0.15) is 0 Å². The van der Waals surface area contributed by atoms with Crippen molar-refractivity contribution in [2.24, 2.45) is 0 Å². The lowest BCUT2D eigenvalue weighted by atomic mass is 10.1. The van der Waals surface area contributed by atoms with E-state index in [1.165, 1.54) is 21.2 Å². The Hall–Kier alpha value is -0.860. The van der Waals surface area contributed by atoms with E-state index in [0.717, 1.165) is 0 Å². The number of hydrogen-bond donors (Lipinski definition) is 0. The van der Waals surface area contributed by atoms with Gasteiger partial charge in [-0.05, 0) is 40.0 Å². The lowest BCUT2D eigenvalue weighted by Crippen LogP contribution is -1.82. The molecule has 0 unspecified atom stereocenters. The molecule has 0 nitrogen and oxygen atoms in total. The van der Waals surface area contributed by atoms with Crippen LogP contribution in [0.5, 0.6) is 0 Å². The Kier molecular flexibility index (Phi) is 2.03. The summed E-state index contributed by atoms with van der Waals surface area (Å²) in [7, 11) is 3.62. The van der Waals surface area contributed by atoms with E-state index in [9.17, 15) is 0 Å². The van der Waals surface area contributed by atoms with Gasteiger partial charge in [0.1, 0.15) is 0 Å². The first-order chi connectivity index (χ1) is 6.93. The van der Waals surface area contributed by atoms with Crippen LogP contribution in [0.3, 0.4) is 0 Å². The molecule has 0 aromatic heterocycles. The predicted molar refractivity (Wildman–Crippen MR) is 66.4 cm³/mol. The van der Waals surface area contributed by atoms with Crippen molar-refractivity contribution in [2.45, 2.75) is 4.90 Å². The molecule has 14 heavy (non-hydrogen) atoms. The minimum atomic E-state index is 1.32. The smallest absolute Gasteiger partial charge is 0.0265 e. The fraction of sp³-hybridized carbons (Fsp3) is 0. The fourth-order valence-corrected chi connectivity index (χ4v) is 3.46. The van der Waals surface area contributed by atoms with Gasteiger partial charge < -0.3 is 0 Å². The third-order valence-corrected chi connectivity index (χ3v) is 4.36. The molecule has 0 N–H and O–H groups in total. The van der Waals surface area contributed by atoms with Crippen molar-refractivity contribution in [3.63, 3.8) is 0 Å². The van der Waals surface area contributed by atoms with E-state index in [1.54, 1.807) is 10.8 Å². The van der Waals surface area contributed by atoms with Crippen LogP contribution in [0.2, 0.25) is 0 Å². The number of fused-ring (bicyclic) bond motifs is 2. The molecular weight excluding hydrogens is 208 g/mol. The zero-order valence-corrected chi connectivity index (χ0v) is 9.07. The van der Waals surface area contributed by atoms with Crippen molar-refractivity contribution in [1.82, 2.24) is 0 Å². The van der Waals surface area contributed by atoms with E-state index in [2.05, 4.69) is 47.9 Å². The molecule has 3 rings (SSSR count). The van der Waals surface area contributed by atoms with Crippen LogP contribution in [0.15, 0.2) is 46.7 Å². The van der Waals surface area contributed by atoms with E-state index < -0.39 is 0 Å². The summed E-state index contributed by atoms with van der Waals surface area (Å²) in [6.45, 7) is 0. The van der Waals surface area contributed by atoms with Crippen LogP contribution in [-0.2, 0) is 0 Å². The summed E-state index contributed by atoms with van der Waals surface area (Å²) in [4.78, 5) is 1.37. The van der Waals surface area contributed by atoms with Gasteiger partial charge in [0.05, 0.1) is 0 Å². The molecule has 68 valence electrons. The Morgan fingerprint density at radius 2 is 1.71 bits per heavy atom. The molecule has 0 aliphatic carbocycles. The second kappa shape index (κ2) is 3.37. The summed E-state index contributed by atoms with van der Waals surface area (Å²) < 4.78 is 0. The predicted octanol–water partition coefficient (Wildman–Crippen LogP) is 4.56. The Labute approximate surface area is 90.8 Å². The highest BCUT2D eigenvalue weighted by molar-refractivity contribution is 8.78. The highest BCUT2D eigenvalue weighted by Gasteiger charge is 2.06. The van der Waals surface area contributed by atoms with Crippen molar-refractivity contribution in [1.29, 1.82) is 0 Å². The van der Waals surface area contributed by atoms with Crippen LogP contribution in [-0.4, -0.2) is 0 Å². The summed E-state index contributed by atoms with van der Waals surface area (Å²) in [6.07, 6.45) is 2.18. The first-order valence-electron chi connectivity index (χ1n) is 4.46. The zero-order valence-electron chi connectivity index (χ0n) is 7.44. The SMILES string of the molecule is C1=Cc2cc3ccccc3cc2SS1. The molecule has 0 bridgehead atoms. The van der Waals surface area contributed by atoms with Gasteiger partial charge in [0.25, 0.3) is 0 Å². The molecule has 1 heterocycles. The minimum absolute atomic E-state index is 1.32. The average molecular weight is 216 g/mol. The molecule has 2 heteroatoms. The summed E-state index contributed by atoms with van der Waals surface area (Å²) >= 11 is 0. The monoisotopic (exact) mass is 216 g/mol. The highest BCUT2D eigenvalue weighted by Crippen LogP contribution is 2.41. The third kappa shape index (κ3) is 1.35. The maximum Gasteiger partial charge on any atom is 0.0265 e. The number of rotatable bonds is 0. The van der Waals surface area contributed by atoms with E-state index in [0.29, 0.717) is 0 Å². The molecule has 0 saturated carbocycles. The molecule has 1 aliphatic rings. The van der Waals surface area contributed by atoms with Crippen LogP contribution >= 0.6 is 21.6 Å². The Morgan fingerprint density at radius 3 is 2.57 bits per heavy atom. The Bertz CT molecular complexity index is 515. The first kappa shape index (κ1) is 8.45. The van der Waals surface area contributed by atoms with Crippen molar-refractivity contribution < 1.29 is 0 Å². The molecule has 0 spiro atoms. The largest absolute Gasteiger partial charge is 0.0616 e. The van der Waals surface area contributed by atoms with Gasteiger partial charge in [0, 0.05) is 4.90 Å². The lowest BCUT2D eigenvalue weighted by Gasteiger charge is -2.10. The minimum Gasteiger partial charge on any atom is -0.0616 e. The molecule has 2 aromatic carbocycles. The molecular formula is C12H8S2. The van der Waals surface area contributed by atoms with E-state index in [4.69, 9.17) is 0 Å². The third-order valence-electron chi connectivity index (χ3n) is 2.32. The Morgan fingerprint density at radius 1 is 0.929 bits per heavy atom. The van der Waals surface area contributed by atoms with Crippen LogP contribution in [0.4, 0.5) is 0 Å². The zero-order chi connectivity index (χ0) is 9.38. The van der Waals surface area contributed by atoms with Crippen molar-refractivity contribution >= 4 is 38.4 Å². The summed E-state index contributed by atoms with van der Waals surface area (Å²) in [5, 5.41) is 4.79. The van der Waals surface area contributed by atoms with Crippen molar-refractivity contribution in [3.8, 4) is 0 Å². The molecule has 0 amide bonds. The molecule has 0 atom stereocenters. The van der Waals surface area contributed by atoms with Gasteiger partial charge >= 0.3 is 0 Å². The molecule has 2 aromatic rings. The lowest BCUT2D eigenvalue weighted by molar-refractivity contribution is 1.48. The molecule has 0 saturated heterocycles. The average Bonchev–Trinajstić information content (AvgIpc) is 2.26. The van der Waals surface area contributed by atoms with Crippen molar-refractivity contribution in [2.75, 3.05) is 0 Å². The number of benzene rings is 2. The van der Waals surface area contributed by atoms with Crippen LogP contribution in [0, 0.1) is 0 Å². The van der Waals surface area contributed by atoms with Crippen LogP contribution in [0.1, 0.15) is 5.56 Å². The number of hydrogen-bond acceptors (Lipinski definition) is 2. The van der Waals surface area contributed by atoms with E-state index in [1.807, 2.05) is 10.8 Å². The highest BCUT2D eigenvalue weighted by atomic mass is 33.1. The normalized spacial score (nSPS) is 14.3. The van der Waals surface area contributed by atoms with E-state index in [-0.39, 0.29) is 0 Å². The quantitative estimate of drug-likeness (QED) is 0.592. The van der Waals surface area contributed by atoms with Gasteiger partial charge in [-0.1, -0.05) is 45.9 Å². The van der Waals surface area contributed by atoms with Crippen molar-refractivity contribution in [3.05, 3.63) is 47.4 Å². The standard InChI is InChI=1S/C12H8S2/c1-2-4-10-8-12-11(5-6-13-14-12)7-9(10)3-1/h1-8H. The second-order valence-corrected chi connectivity index (χ2v) is 5.37. The van der Waals surface area contributed by atoms with Gasteiger partial charge in [-0.15, -0.1) is 0 Å². The fourth-order valence-electron chi connectivity index (χ4n) is 1.62. The molecule has 0 fully saturated rings. The molecule has 1 aliphatic heterocycles. The van der Waals surface area contributed by atoms with Crippen LogP contribution < -0.4 is 0 Å². The van der Waals surface area contributed by atoms with Gasteiger partial charge in [0.15, 0.2) is 0 Å². The topological polar surface area (TPSA) is 0 Å².